The molecule has 1 heterocycles. The van der Waals surface area contributed by atoms with E-state index in [-0.39, 0.29) is 11.1 Å². The van der Waals surface area contributed by atoms with Crippen LogP contribution >= 0.6 is 46.0 Å². The van der Waals surface area contributed by atoms with E-state index in [1.807, 2.05) is 30.3 Å². The Bertz CT molecular complexity index is 931. The second-order valence-corrected chi connectivity index (χ2v) is 7.91. The third-order valence-electron chi connectivity index (χ3n) is 3.52. The van der Waals surface area contributed by atoms with Gasteiger partial charge in [0.05, 0.1) is 15.6 Å². The van der Waals surface area contributed by atoms with Gasteiger partial charge in [0.2, 0.25) is 0 Å². The highest BCUT2D eigenvalue weighted by Gasteiger charge is 2.20. The van der Waals surface area contributed by atoms with Crippen molar-refractivity contribution in [2.75, 3.05) is 7.11 Å². The van der Waals surface area contributed by atoms with Crippen LogP contribution in [0.1, 0.15) is 11.1 Å². The minimum atomic E-state index is -0.333. The Morgan fingerprint density at radius 1 is 1.35 bits per heavy atom. The fourth-order valence-corrected chi connectivity index (χ4v) is 3.96. The van der Waals surface area contributed by atoms with Crippen LogP contribution in [0.25, 0.3) is 6.08 Å². The lowest BCUT2D eigenvalue weighted by atomic mass is 10.2. The Morgan fingerprint density at radius 3 is 2.77 bits per heavy atom. The van der Waals surface area contributed by atoms with E-state index in [4.69, 9.17) is 26.8 Å². The highest BCUT2D eigenvalue weighted by Crippen LogP contribution is 2.36. The fraction of sp³-hybridized carbons (Fsp3) is 0.111. The maximum Gasteiger partial charge on any atom is 0.286 e. The van der Waals surface area contributed by atoms with Gasteiger partial charge in [0.1, 0.15) is 6.61 Å². The first kappa shape index (κ1) is 19.1. The molecule has 0 spiro atoms. The van der Waals surface area contributed by atoms with Crippen LogP contribution in [-0.4, -0.2) is 18.2 Å². The van der Waals surface area contributed by atoms with Crippen LogP contribution in [0.15, 0.2) is 46.3 Å². The van der Waals surface area contributed by atoms with Gasteiger partial charge < -0.3 is 15.2 Å². The number of carbonyl (C=O) groups excluding carboxylic acids is 1. The van der Waals surface area contributed by atoms with Crippen molar-refractivity contribution in [3.63, 3.8) is 0 Å². The number of benzene rings is 2. The van der Waals surface area contributed by atoms with Crippen molar-refractivity contribution in [2.24, 2.45) is 10.7 Å². The number of rotatable bonds is 5. The highest BCUT2D eigenvalue weighted by atomic mass is 127. The summed E-state index contributed by atoms with van der Waals surface area (Å²) in [4.78, 5) is 15.9. The minimum absolute atomic E-state index is 0.252. The third kappa shape index (κ3) is 4.33. The quantitative estimate of drug-likeness (QED) is 0.485. The number of nitrogens with two attached hydrogens (primary N) is 1. The number of halogens is 2. The Balaban J connectivity index is 1.85. The molecule has 8 heteroatoms. The van der Waals surface area contributed by atoms with Gasteiger partial charge in [0.25, 0.3) is 5.91 Å². The van der Waals surface area contributed by atoms with E-state index in [1.165, 1.54) is 0 Å². The summed E-state index contributed by atoms with van der Waals surface area (Å²) in [7, 11) is 1.57. The zero-order chi connectivity index (χ0) is 18.7. The number of aliphatic imine (C=N–C) groups is 1. The van der Waals surface area contributed by atoms with Crippen LogP contribution < -0.4 is 15.2 Å². The predicted molar refractivity (Wildman–Crippen MR) is 114 cm³/mol. The summed E-state index contributed by atoms with van der Waals surface area (Å²) >= 11 is 9.49. The average molecular weight is 501 g/mol. The first-order chi connectivity index (χ1) is 12.5. The molecule has 0 radical (unpaired) electrons. The largest absolute Gasteiger partial charge is 0.493 e. The van der Waals surface area contributed by atoms with E-state index in [9.17, 15) is 4.79 Å². The summed E-state index contributed by atoms with van der Waals surface area (Å²) < 4.78 is 12.2. The molecule has 1 aliphatic rings. The lowest BCUT2D eigenvalue weighted by Crippen LogP contribution is -2.01. The van der Waals surface area contributed by atoms with Crippen molar-refractivity contribution in [3.8, 4) is 11.5 Å². The van der Waals surface area contributed by atoms with Crippen molar-refractivity contribution < 1.29 is 14.3 Å². The molecule has 5 nitrogen and oxygen atoms in total. The molecule has 2 aromatic carbocycles. The molecule has 2 N–H and O–H groups in total. The number of methoxy groups -OCH3 is 1. The average Bonchev–Trinajstić information content (AvgIpc) is 2.92. The molecular formula is C18H14ClIN2O3S. The normalized spacial score (nSPS) is 15.3. The van der Waals surface area contributed by atoms with Crippen LogP contribution in [0.2, 0.25) is 5.02 Å². The van der Waals surface area contributed by atoms with E-state index in [0.29, 0.717) is 28.0 Å². The summed E-state index contributed by atoms with van der Waals surface area (Å²) in [5.74, 6) is 0.858. The topological polar surface area (TPSA) is 73.9 Å². The van der Waals surface area contributed by atoms with Crippen LogP contribution in [0, 0.1) is 3.57 Å². The molecule has 0 aliphatic carbocycles. The summed E-state index contributed by atoms with van der Waals surface area (Å²) in [5, 5.41) is 0.903. The molecule has 1 aliphatic heterocycles. The zero-order valence-electron chi connectivity index (χ0n) is 13.7. The van der Waals surface area contributed by atoms with Gasteiger partial charge >= 0.3 is 0 Å². The van der Waals surface area contributed by atoms with Gasteiger partial charge in [-0.1, -0.05) is 29.8 Å². The highest BCUT2D eigenvalue weighted by molar-refractivity contribution is 14.1. The van der Waals surface area contributed by atoms with E-state index in [2.05, 4.69) is 27.6 Å². The van der Waals surface area contributed by atoms with Gasteiger partial charge in [0.15, 0.2) is 16.7 Å². The van der Waals surface area contributed by atoms with Crippen molar-refractivity contribution in [1.29, 1.82) is 0 Å². The first-order valence-electron chi connectivity index (χ1n) is 7.49. The number of thioether (sulfide) groups is 1. The molecule has 2 aromatic rings. The molecule has 0 saturated carbocycles. The number of nitrogens with zero attached hydrogens (tertiary/aromatic N) is 1. The van der Waals surface area contributed by atoms with E-state index in [0.717, 1.165) is 26.5 Å². The van der Waals surface area contributed by atoms with Crippen molar-refractivity contribution in [2.45, 2.75) is 6.61 Å². The molecule has 26 heavy (non-hydrogen) atoms. The number of amides is 1. The molecule has 3 rings (SSSR count). The van der Waals surface area contributed by atoms with Gasteiger partial charge in [-0.05, 0) is 64.2 Å². The summed E-state index contributed by atoms with van der Waals surface area (Å²) in [5.41, 5.74) is 7.27. The molecule has 134 valence electrons. The summed E-state index contributed by atoms with van der Waals surface area (Å²) in [6.45, 7) is 0.325. The SMILES string of the molecule is COc1cc(/C=C2\SC(N)=NC2=O)cc(I)c1OCc1ccccc1Cl. The second-order valence-electron chi connectivity index (χ2n) is 5.28. The predicted octanol–water partition coefficient (Wildman–Crippen LogP) is 4.46. The molecule has 0 unspecified atom stereocenters. The Morgan fingerprint density at radius 2 is 2.12 bits per heavy atom. The third-order valence-corrected chi connectivity index (χ3v) is 5.50. The smallest absolute Gasteiger partial charge is 0.286 e. The van der Waals surface area contributed by atoms with Gasteiger partial charge in [-0.15, -0.1) is 0 Å². The van der Waals surface area contributed by atoms with Crippen molar-refractivity contribution in [3.05, 3.63) is 61.0 Å². The second kappa shape index (κ2) is 8.32. The van der Waals surface area contributed by atoms with Crippen molar-refractivity contribution >= 4 is 63.1 Å². The van der Waals surface area contributed by atoms with Gasteiger partial charge in [-0.25, -0.2) is 0 Å². The van der Waals surface area contributed by atoms with Gasteiger partial charge in [-0.2, -0.15) is 4.99 Å². The Labute approximate surface area is 173 Å². The fourth-order valence-electron chi connectivity index (χ4n) is 2.31. The lowest BCUT2D eigenvalue weighted by Gasteiger charge is -2.14. The Kier molecular flexibility index (Phi) is 6.10. The van der Waals surface area contributed by atoms with Crippen LogP contribution in [0.5, 0.6) is 11.5 Å². The molecule has 1 amide bonds. The molecule has 0 aromatic heterocycles. The van der Waals surface area contributed by atoms with Gasteiger partial charge in [0, 0.05) is 10.6 Å². The van der Waals surface area contributed by atoms with Crippen LogP contribution in [-0.2, 0) is 11.4 Å². The molecule has 0 atom stereocenters. The number of hydrogen-bond acceptors (Lipinski definition) is 5. The van der Waals surface area contributed by atoms with Crippen molar-refractivity contribution in [1.82, 2.24) is 0 Å². The number of hydrogen-bond donors (Lipinski definition) is 1. The number of carbonyl (C=O) groups is 1. The summed E-state index contributed by atoms with van der Waals surface area (Å²) in [6, 6.07) is 11.2. The molecule has 0 saturated heterocycles. The lowest BCUT2D eigenvalue weighted by molar-refractivity contribution is -0.113. The Hall–Kier alpha value is -1.71. The molecule has 0 fully saturated rings. The van der Waals surface area contributed by atoms with E-state index < -0.39 is 0 Å². The molecule has 0 bridgehead atoms. The summed E-state index contributed by atoms with van der Waals surface area (Å²) in [6.07, 6.45) is 1.74. The first-order valence-corrected chi connectivity index (χ1v) is 9.77. The standard InChI is InChI=1S/C18H14ClIN2O3S/c1-24-14-7-10(8-15-17(23)22-18(21)26-15)6-13(20)16(14)25-9-11-4-2-3-5-12(11)19/h2-8H,9H2,1H3,(H2,21,22,23)/b15-8-. The number of amidine groups is 1. The van der Waals surface area contributed by atoms with Crippen LogP contribution in [0.3, 0.4) is 0 Å². The maximum absolute atomic E-state index is 11.8. The number of ether oxygens (including phenoxy) is 2. The molecular weight excluding hydrogens is 487 g/mol. The monoisotopic (exact) mass is 500 g/mol. The van der Waals surface area contributed by atoms with E-state index in [1.54, 1.807) is 19.3 Å². The van der Waals surface area contributed by atoms with E-state index >= 15 is 0 Å². The maximum atomic E-state index is 11.8. The van der Waals surface area contributed by atoms with Gasteiger partial charge in [-0.3, -0.25) is 4.79 Å². The minimum Gasteiger partial charge on any atom is -0.493 e. The zero-order valence-corrected chi connectivity index (χ0v) is 17.4. The van der Waals surface area contributed by atoms with Crippen LogP contribution in [0.4, 0.5) is 0 Å².